The molecule has 1 heterocycles. The molecule has 0 radical (unpaired) electrons. The Balaban J connectivity index is 2.21. The Hall–Kier alpha value is -3.83. The molecule has 144 valence electrons. The third-order valence-electron chi connectivity index (χ3n) is 3.10. The summed E-state index contributed by atoms with van der Waals surface area (Å²) in [6, 6.07) is 2.72. The number of hydrogen-bond acceptors (Lipinski definition) is 11. The number of methoxy groups -OCH3 is 2. The molecule has 0 fully saturated rings. The van der Waals surface area contributed by atoms with Crippen LogP contribution in [0.1, 0.15) is 16.2 Å². The lowest BCUT2D eigenvalue weighted by molar-refractivity contribution is -0.120. The highest BCUT2D eigenvalue weighted by atomic mass is 16.5. The van der Waals surface area contributed by atoms with E-state index in [9.17, 15) is 9.59 Å². The van der Waals surface area contributed by atoms with E-state index < -0.39 is 18.5 Å². The van der Waals surface area contributed by atoms with E-state index in [-0.39, 0.29) is 47.1 Å². The number of anilines is 2. The summed E-state index contributed by atoms with van der Waals surface area (Å²) < 4.78 is 20.8. The molecular weight excluding hydrogens is 360 g/mol. The maximum absolute atomic E-state index is 12.3. The number of aromatic nitrogens is 3. The molecule has 0 saturated carbocycles. The molecule has 2 rings (SSSR count). The molecular formula is C15H18N6O6. The van der Waals surface area contributed by atoms with Crippen molar-refractivity contribution < 1.29 is 28.5 Å². The largest absolute Gasteiger partial charge is 0.493 e. The van der Waals surface area contributed by atoms with E-state index in [4.69, 9.17) is 36.1 Å². The summed E-state index contributed by atoms with van der Waals surface area (Å²) in [6.07, 6.45) is 0. The third-order valence-corrected chi connectivity index (χ3v) is 3.10. The fourth-order valence-electron chi connectivity index (χ4n) is 2.02. The number of carbonyl (C=O) groups is 2. The molecule has 1 aromatic carbocycles. The molecule has 12 heteroatoms. The monoisotopic (exact) mass is 378 g/mol. The normalized spacial score (nSPS) is 10.1. The van der Waals surface area contributed by atoms with Crippen LogP contribution in [0, 0.1) is 0 Å². The standard InChI is InChI=1S/C15H18N6O6/c1-24-8-3-7(4-9(25-2)12(8)26-5-10(16)22)13(23)27-6-11-19-14(17)21-15(18)20-11/h3-4H,5-6H2,1-2H3,(H2,16,22)(H4,17,18,19,20,21). The van der Waals surface area contributed by atoms with Gasteiger partial charge < -0.3 is 36.1 Å². The number of carbonyl (C=O) groups excluding carboxylic acids is 2. The first kappa shape index (κ1) is 19.5. The number of primary amides is 1. The lowest BCUT2D eigenvalue weighted by Crippen LogP contribution is -2.20. The average Bonchev–Trinajstić information content (AvgIpc) is 2.62. The Morgan fingerprint density at radius 2 is 1.56 bits per heavy atom. The van der Waals surface area contributed by atoms with Gasteiger partial charge in [0.25, 0.3) is 5.91 Å². The van der Waals surface area contributed by atoms with Gasteiger partial charge in [0.15, 0.2) is 30.5 Å². The van der Waals surface area contributed by atoms with Crippen LogP contribution >= 0.6 is 0 Å². The summed E-state index contributed by atoms with van der Waals surface area (Å²) in [6.45, 7) is -0.668. The number of hydrogen-bond donors (Lipinski definition) is 3. The van der Waals surface area contributed by atoms with Gasteiger partial charge in [-0.15, -0.1) is 0 Å². The summed E-state index contributed by atoms with van der Waals surface area (Å²) in [5.74, 6) is -1.07. The van der Waals surface area contributed by atoms with Crippen LogP contribution in [-0.4, -0.2) is 47.7 Å². The van der Waals surface area contributed by atoms with E-state index in [2.05, 4.69) is 15.0 Å². The van der Waals surface area contributed by atoms with Crippen LogP contribution in [0.2, 0.25) is 0 Å². The van der Waals surface area contributed by atoms with Crippen molar-refractivity contribution in [2.24, 2.45) is 5.73 Å². The molecule has 0 aliphatic rings. The fraction of sp³-hybridized carbons (Fsp3) is 0.267. The van der Waals surface area contributed by atoms with Crippen molar-refractivity contribution in [1.82, 2.24) is 15.0 Å². The van der Waals surface area contributed by atoms with Crippen molar-refractivity contribution in [3.05, 3.63) is 23.5 Å². The van der Waals surface area contributed by atoms with Gasteiger partial charge in [0.05, 0.1) is 19.8 Å². The van der Waals surface area contributed by atoms with Gasteiger partial charge in [-0.05, 0) is 12.1 Å². The first-order valence-corrected chi connectivity index (χ1v) is 7.44. The van der Waals surface area contributed by atoms with E-state index >= 15 is 0 Å². The number of benzene rings is 1. The van der Waals surface area contributed by atoms with Crippen LogP contribution in [0.25, 0.3) is 0 Å². The van der Waals surface area contributed by atoms with Gasteiger partial charge in [-0.2, -0.15) is 15.0 Å². The number of amides is 1. The minimum atomic E-state index is -0.717. The van der Waals surface area contributed by atoms with Crippen LogP contribution in [0.3, 0.4) is 0 Å². The van der Waals surface area contributed by atoms with Crippen molar-refractivity contribution in [2.75, 3.05) is 32.3 Å². The molecule has 0 aliphatic heterocycles. The number of ether oxygens (including phenoxy) is 4. The van der Waals surface area contributed by atoms with Crippen molar-refractivity contribution >= 4 is 23.8 Å². The van der Waals surface area contributed by atoms with Crippen molar-refractivity contribution in [3.8, 4) is 17.2 Å². The smallest absolute Gasteiger partial charge is 0.338 e. The second-order valence-electron chi connectivity index (χ2n) is 5.01. The number of esters is 1. The highest BCUT2D eigenvalue weighted by Crippen LogP contribution is 2.38. The zero-order valence-corrected chi connectivity index (χ0v) is 14.6. The highest BCUT2D eigenvalue weighted by molar-refractivity contribution is 5.91. The van der Waals surface area contributed by atoms with E-state index in [1.165, 1.54) is 26.4 Å². The van der Waals surface area contributed by atoms with E-state index in [1.807, 2.05) is 0 Å². The van der Waals surface area contributed by atoms with Crippen LogP contribution in [0.15, 0.2) is 12.1 Å². The van der Waals surface area contributed by atoms with E-state index in [0.29, 0.717) is 0 Å². The van der Waals surface area contributed by atoms with E-state index in [1.54, 1.807) is 0 Å². The van der Waals surface area contributed by atoms with Crippen molar-refractivity contribution in [2.45, 2.75) is 6.61 Å². The van der Waals surface area contributed by atoms with Gasteiger partial charge in [0, 0.05) is 0 Å². The molecule has 12 nitrogen and oxygen atoms in total. The highest BCUT2D eigenvalue weighted by Gasteiger charge is 2.19. The van der Waals surface area contributed by atoms with Crippen molar-refractivity contribution in [3.63, 3.8) is 0 Å². The summed E-state index contributed by atoms with van der Waals surface area (Å²) in [7, 11) is 2.72. The Morgan fingerprint density at radius 1 is 1.00 bits per heavy atom. The van der Waals surface area contributed by atoms with Crippen LogP contribution in [-0.2, 0) is 16.1 Å². The Labute approximate surface area is 153 Å². The Bertz CT molecular complexity index is 813. The molecule has 0 spiro atoms. The average molecular weight is 378 g/mol. The number of rotatable bonds is 8. The second-order valence-corrected chi connectivity index (χ2v) is 5.01. The number of nitrogen functional groups attached to an aromatic ring is 2. The first-order chi connectivity index (χ1) is 12.8. The first-order valence-electron chi connectivity index (χ1n) is 7.44. The Morgan fingerprint density at radius 3 is 2.04 bits per heavy atom. The molecule has 0 bridgehead atoms. The molecule has 0 unspecified atom stereocenters. The molecule has 0 saturated heterocycles. The quantitative estimate of drug-likeness (QED) is 0.491. The molecule has 27 heavy (non-hydrogen) atoms. The molecule has 2 aromatic rings. The van der Waals surface area contributed by atoms with Gasteiger partial charge in [-0.25, -0.2) is 4.79 Å². The topological polar surface area (TPSA) is 188 Å². The maximum atomic E-state index is 12.3. The van der Waals surface area contributed by atoms with Crippen LogP contribution in [0.4, 0.5) is 11.9 Å². The maximum Gasteiger partial charge on any atom is 0.338 e. The van der Waals surface area contributed by atoms with Gasteiger partial charge in [-0.1, -0.05) is 0 Å². The minimum Gasteiger partial charge on any atom is -0.493 e. The molecule has 0 atom stereocenters. The molecule has 6 N–H and O–H groups in total. The SMILES string of the molecule is COc1cc(C(=O)OCc2nc(N)nc(N)n2)cc(OC)c1OCC(N)=O. The summed E-state index contributed by atoms with van der Waals surface area (Å²) in [5, 5.41) is 0. The predicted octanol–water partition coefficient (Wildman–Crippen LogP) is -0.726. The van der Waals surface area contributed by atoms with Crippen LogP contribution < -0.4 is 31.4 Å². The van der Waals surface area contributed by atoms with Gasteiger partial charge >= 0.3 is 5.97 Å². The summed E-state index contributed by atoms with van der Waals surface area (Å²) >= 11 is 0. The van der Waals surface area contributed by atoms with E-state index in [0.717, 1.165) is 0 Å². The van der Waals surface area contributed by atoms with Gasteiger partial charge in [0.1, 0.15) is 0 Å². The number of nitrogens with two attached hydrogens (primary N) is 3. The van der Waals surface area contributed by atoms with Gasteiger partial charge in [0.2, 0.25) is 17.6 Å². The molecule has 0 aliphatic carbocycles. The van der Waals surface area contributed by atoms with Crippen molar-refractivity contribution in [1.29, 1.82) is 0 Å². The Kier molecular flexibility index (Phi) is 6.14. The lowest BCUT2D eigenvalue weighted by atomic mass is 10.2. The van der Waals surface area contributed by atoms with Gasteiger partial charge in [-0.3, -0.25) is 4.79 Å². The summed E-state index contributed by atoms with van der Waals surface area (Å²) in [4.78, 5) is 34.5. The zero-order chi connectivity index (χ0) is 20.0. The minimum absolute atomic E-state index is 0.0900. The number of nitrogens with zero attached hydrogens (tertiary/aromatic N) is 3. The molecule has 1 amide bonds. The second kappa shape index (κ2) is 8.51. The van der Waals surface area contributed by atoms with Crippen LogP contribution in [0.5, 0.6) is 17.2 Å². The molecule has 1 aromatic heterocycles. The summed E-state index contributed by atoms with van der Waals surface area (Å²) in [5.41, 5.74) is 16.1. The predicted molar refractivity (Wildman–Crippen MR) is 92.0 cm³/mol. The lowest BCUT2D eigenvalue weighted by Gasteiger charge is -2.15. The fourth-order valence-corrected chi connectivity index (χ4v) is 2.02. The third kappa shape index (κ3) is 5.07. The zero-order valence-electron chi connectivity index (χ0n) is 14.6.